The highest BCUT2D eigenvalue weighted by Gasteiger charge is 2.33. The van der Waals surface area contributed by atoms with Gasteiger partial charge >= 0.3 is 6.09 Å². The molecule has 0 spiro atoms. The van der Waals surface area contributed by atoms with Gasteiger partial charge < -0.3 is 24.3 Å². The minimum Gasteiger partial charge on any atom is -0.489 e. The predicted molar refractivity (Wildman–Crippen MR) is 168 cm³/mol. The summed E-state index contributed by atoms with van der Waals surface area (Å²) in [6, 6.07) is 20.5. The van der Waals surface area contributed by atoms with Gasteiger partial charge in [-0.15, -0.1) is 0 Å². The molecule has 1 aliphatic heterocycles. The molecule has 0 bridgehead atoms. The molecule has 2 N–H and O–H groups in total. The number of hydrogen-bond acceptors (Lipinski definition) is 8. The molecule has 4 rings (SSSR count). The molecule has 0 aliphatic carbocycles. The minimum absolute atomic E-state index is 0.136. The van der Waals surface area contributed by atoms with Crippen LogP contribution in [0, 0.1) is 23.2 Å². The van der Waals surface area contributed by atoms with Crippen LogP contribution in [0.4, 0.5) is 16.2 Å². The maximum atomic E-state index is 13.1. The SMILES string of the molecule is CC(C)(C)OC(=O)Nc1cc(OCC2COC(C)(C)O2)c(C#Cc2ccccc2)cc1NC(=O)CC(=O)c1cccc(C#N)c1. The number of anilines is 2. The van der Waals surface area contributed by atoms with Crippen molar-refractivity contribution in [2.75, 3.05) is 23.8 Å². The summed E-state index contributed by atoms with van der Waals surface area (Å²) in [5.41, 5.74) is 1.26. The van der Waals surface area contributed by atoms with Gasteiger partial charge in [0.2, 0.25) is 5.91 Å². The molecule has 10 nitrogen and oxygen atoms in total. The highest BCUT2D eigenvalue weighted by molar-refractivity contribution is 6.12. The van der Waals surface area contributed by atoms with Crippen LogP contribution in [0.25, 0.3) is 0 Å². The van der Waals surface area contributed by atoms with Gasteiger partial charge in [0.15, 0.2) is 11.6 Å². The lowest BCUT2D eigenvalue weighted by Crippen LogP contribution is -2.28. The molecule has 45 heavy (non-hydrogen) atoms. The number of rotatable bonds is 8. The minimum atomic E-state index is -0.787. The number of carbonyl (C=O) groups is 3. The number of carbonyl (C=O) groups excluding carboxylic acids is 3. The van der Waals surface area contributed by atoms with Crippen molar-refractivity contribution in [2.24, 2.45) is 0 Å². The molecule has 1 heterocycles. The summed E-state index contributed by atoms with van der Waals surface area (Å²) in [6.07, 6.45) is -1.60. The number of nitrogens with zero attached hydrogens (tertiary/aromatic N) is 1. The first-order chi connectivity index (χ1) is 21.3. The van der Waals surface area contributed by atoms with Crippen molar-refractivity contribution in [3.63, 3.8) is 0 Å². The van der Waals surface area contributed by atoms with Crippen molar-refractivity contribution < 1.29 is 33.3 Å². The Hall–Kier alpha value is -5.16. The second-order valence-corrected chi connectivity index (χ2v) is 11.7. The number of nitriles is 1. The van der Waals surface area contributed by atoms with Gasteiger partial charge in [-0.25, -0.2) is 4.79 Å². The zero-order valence-electron chi connectivity index (χ0n) is 25.9. The topological polar surface area (TPSA) is 136 Å². The molecule has 1 unspecified atom stereocenters. The predicted octanol–water partition coefficient (Wildman–Crippen LogP) is 6.05. The van der Waals surface area contributed by atoms with Gasteiger partial charge in [-0.2, -0.15) is 5.26 Å². The van der Waals surface area contributed by atoms with Crippen LogP contribution >= 0.6 is 0 Å². The van der Waals surface area contributed by atoms with E-state index in [9.17, 15) is 14.4 Å². The molecule has 232 valence electrons. The smallest absolute Gasteiger partial charge is 0.412 e. The number of amides is 2. The van der Waals surface area contributed by atoms with E-state index in [1.807, 2.05) is 50.2 Å². The van der Waals surface area contributed by atoms with E-state index in [2.05, 4.69) is 22.5 Å². The summed E-state index contributed by atoms with van der Waals surface area (Å²) in [6.45, 7) is 9.28. The average Bonchev–Trinajstić information content (AvgIpc) is 3.33. The zero-order valence-corrected chi connectivity index (χ0v) is 25.9. The van der Waals surface area contributed by atoms with E-state index in [1.54, 1.807) is 39.0 Å². The number of benzene rings is 3. The van der Waals surface area contributed by atoms with Gasteiger partial charge in [-0.1, -0.05) is 42.2 Å². The van der Waals surface area contributed by atoms with E-state index in [4.69, 9.17) is 24.2 Å². The summed E-state index contributed by atoms with van der Waals surface area (Å²) < 4.78 is 23.1. The molecule has 1 saturated heterocycles. The van der Waals surface area contributed by atoms with E-state index < -0.39 is 35.6 Å². The van der Waals surface area contributed by atoms with Gasteiger partial charge in [0.25, 0.3) is 0 Å². The van der Waals surface area contributed by atoms with Crippen molar-refractivity contribution in [3.8, 4) is 23.7 Å². The molecule has 1 atom stereocenters. The van der Waals surface area contributed by atoms with Crippen molar-refractivity contribution in [1.29, 1.82) is 5.26 Å². The Labute approximate surface area is 262 Å². The second kappa shape index (κ2) is 14.1. The first-order valence-electron chi connectivity index (χ1n) is 14.3. The Balaban J connectivity index is 1.67. The maximum absolute atomic E-state index is 13.1. The maximum Gasteiger partial charge on any atom is 0.412 e. The standard InChI is InChI=1S/C35H35N3O7/c1-34(2,3)45-33(41)38-29-18-31(42-21-27-22-43-35(4,5)44-27)26(15-14-23-10-7-6-8-11-23)17-28(29)37-32(40)19-30(39)25-13-9-12-24(16-25)20-36/h6-13,16-18,27H,19,21-22H2,1-5H3,(H,37,40)(H,38,41). The molecule has 3 aromatic rings. The highest BCUT2D eigenvalue weighted by Crippen LogP contribution is 2.33. The number of hydrogen-bond donors (Lipinski definition) is 2. The largest absolute Gasteiger partial charge is 0.489 e. The van der Waals surface area contributed by atoms with Gasteiger partial charge in [0.1, 0.15) is 24.1 Å². The molecule has 2 amide bonds. The molecule has 0 saturated carbocycles. The summed E-state index contributed by atoms with van der Waals surface area (Å²) in [5, 5.41) is 14.6. The van der Waals surface area contributed by atoms with E-state index >= 15 is 0 Å². The molecule has 3 aromatic carbocycles. The van der Waals surface area contributed by atoms with Gasteiger partial charge in [0, 0.05) is 17.2 Å². The molecule has 10 heteroatoms. The fraction of sp³-hybridized carbons (Fsp3) is 0.314. The Kier molecular flexibility index (Phi) is 10.2. The quantitative estimate of drug-likeness (QED) is 0.179. The van der Waals surface area contributed by atoms with Crippen LogP contribution in [0.1, 0.15) is 68.1 Å². The first-order valence-corrected chi connectivity index (χ1v) is 14.3. The summed E-state index contributed by atoms with van der Waals surface area (Å²) in [7, 11) is 0. The number of nitrogens with one attached hydrogen (secondary N) is 2. The molecule has 1 fully saturated rings. The van der Waals surface area contributed by atoms with E-state index in [1.165, 1.54) is 18.2 Å². The number of Topliss-reactive ketones (excluding diaryl/α,β-unsaturated/α-hetero) is 1. The van der Waals surface area contributed by atoms with Crippen molar-refractivity contribution >= 4 is 29.2 Å². The molecular formula is C35H35N3O7. The average molecular weight is 610 g/mol. The van der Waals surface area contributed by atoms with Gasteiger partial charge in [-0.3, -0.25) is 14.9 Å². The molecular weight excluding hydrogens is 574 g/mol. The Morgan fingerprint density at radius 1 is 0.956 bits per heavy atom. The third-order valence-electron chi connectivity index (χ3n) is 6.27. The third kappa shape index (κ3) is 9.94. The number of ether oxygens (including phenoxy) is 4. The van der Waals surface area contributed by atoms with E-state index in [0.29, 0.717) is 23.5 Å². The fourth-order valence-corrected chi connectivity index (χ4v) is 4.31. The van der Waals surface area contributed by atoms with E-state index in [-0.39, 0.29) is 29.6 Å². The number of ketones is 1. The highest BCUT2D eigenvalue weighted by atomic mass is 16.7. The second-order valence-electron chi connectivity index (χ2n) is 11.7. The molecule has 0 aromatic heterocycles. The van der Waals surface area contributed by atoms with Crippen LogP contribution in [0.3, 0.4) is 0 Å². The summed E-state index contributed by atoms with van der Waals surface area (Å²) in [5.74, 6) is 4.65. The Morgan fingerprint density at radius 2 is 1.67 bits per heavy atom. The van der Waals surface area contributed by atoms with Crippen LogP contribution in [0.15, 0.2) is 66.7 Å². The zero-order chi connectivity index (χ0) is 32.6. The summed E-state index contributed by atoms with van der Waals surface area (Å²) in [4.78, 5) is 38.8. The molecule has 1 aliphatic rings. The van der Waals surface area contributed by atoms with Gasteiger partial charge in [0.05, 0.1) is 41.6 Å². The Bertz CT molecular complexity index is 1680. The van der Waals surface area contributed by atoms with Crippen molar-refractivity contribution in [3.05, 3.63) is 89.0 Å². The van der Waals surface area contributed by atoms with Crippen molar-refractivity contribution in [1.82, 2.24) is 0 Å². The lowest BCUT2D eigenvalue weighted by Gasteiger charge is -2.22. The van der Waals surface area contributed by atoms with Crippen LogP contribution in [0.5, 0.6) is 5.75 Å². The van der Waals surface area contributed by atoms with Crippen LogP contribution < -0.4 is 15.4 Å². The lowest BCUT2D eigenvalue weighted by atomic mass is 10.1. The normalized spacial score (nSPS) is 15.2. The monoisotopic (exact) mass is 609 g/mol. The lowest BCUT2D eigenvalue weighted by molar-refractivity contribution is -0.141. The van der Waals surface area contributed by atoms with E-state index in [0.717, 1.165) is 5.56 Å². The van der Waals surface area contributed by atoms with Crippen LogP contribution in [-0.4, -0.2) is 48.5 Å². The first kappa shape index (κ1) is 32.7. The van der Waals surface area contributed by atoms with Gasteiger partial charge in [-0.05, 0) is 65.0 Å². The Morgan fingerprint density at radius 3 is 2.33 bits per heavy atom. The van der Waals surface area contributed by atoms with Crippen LogP contribution in [-0.2, 0) is 19.0 Å². The fourth-order valence-electron chi connectivity index (χ4n) is 4.31. The summed E-state index contributed by atoms with van der Waals surface area (Å²) >= 11 is 0. The third-order valence-corrected chi connectivity index (χ3v) is 6.27. The van der Waals surface area contributed by atoms with Crippen LogP contribution in [0.2, 0.25) is 0 Å². The van der Waals surface area contributed by atoms with Crippen molar-refractivity contribution in [2.45, 2.75) is 58.5 Å². The molecule has 0 radical (unpaired) electrons.